The van der Waals surface area contributed by atoms with Crippen molar-refractivity contribution in [3.8, 4) is 5.75 Å². The fourth-order valence-corrected chi connectivity index (χ4v) is 2.13. The minimum absolute atomic E-state index is 0.00991. The third kappa shape index (κ3) is 3.14. The molecule has 0 aliphatic rings. The minimum Gasteiger partial charge on any atom is -0.507 e. The van der Waals surface area contributed by atoms with Crippen LogP contribution < -0.4 is 5.63 Å². The molecule has 2 aromatic carbocycles. The Kier molecular flexibility index (Phi) is 4.77. The topological polar surface area (TPSA) is 50.4 Å². The highest BCUT2D eigenvalue weighted by Gasteiger charge is 2.13. The number of fused-ring (bicyclic) bond motifs is 1. The first-order chi connectivity index (χ1) is 10.3. The smallest absolute Gasteiger partial charge is 0.343 e. The molecule has 0 bridgehead atoms. The lowest BCUT2D eigenvalue weighted by atomic mass is 10.0. The third-order valence-electron chi connectivity index (χ3n) is 3.10. The Labute approximate surface area is 123 Å². The first-order valence-electron chi connectivity index (χ1n) is 7.03. The summed E-state index contributed by atoms with van der Waals surface area (Å²) < 4.78 is 5.23. The largest absolute Gasteiger partial charge is 0.507 e. The summed E-state index contributed by atoms with van der Waals surface area (Å²) in [4.78, 5) is 11.9. The summed E-state index contributed by atoms with van der Waals surface area (Å²) in [6.07, 6.45) is 0.361. The van der Waals surface area contributed by atoms with Gasteiger partial charge in [-0.2, -0.15) is 0 Å². The molecule has 3 nitrogen and oxygen atoms in total. The van der Waals surface area contributed by atoms with Gasteiger partial charge in [-0.15, -0.1) is 0 Å². The van der Waals surface area contributed by atoms with Gasteiger partial charge in [-0.3, -0.25) is 0 Å². The maximum absolute atomic E-state index is 11.9. The van der Waals surface area contributed by atoms with Crippen LogP contribution in [0.4, 0.5) is 0 Å². The maximum Gasteiger partial charge on any atom is 0.343 e. The normalized spacial score (nSPS) is 10.0. The van der Waals surface area contributed by atoms with Gasteiger partial charge in [0, 0.05) is 6.42 Å². The summed E-state index contributed by atoms with van der Waals surface area (Å²) in [6.45, 7) is 4.00. The molecule has 0 aliphatic heterocycles. The molecule has 0 spiro atoms. The Hall–Kier alpha value is -2.55. The van der Waals surface area contributed by atoms with E-state index in [0.717, 1.165) is 5.56 Å². The van der Waals surface area contributed by atoms with Crippen LogP contribution in [0.3, 0.4) is 0 Å². The number of hydrogen-bond donors (Lipinski definition) is 1. The van der Waals surface area contributed by atoms with E-state index in [2.05, 4.69) is 0 Å². The SMILES string of the molecule is CC.O=c1oc2ccccc2c(O)c1Cc1ccccc1. The average molecular weight is 282 g/mol. The molecular formula is C18H18O3. The Balaban J connectivity index is 0.000000774. The summed E-state index contributed by atoms with van der Waals surface area (Å²) >= 11 is 0. The van der Waals surface area contributed by atoms with Gasteiger partial charge in [-0.1, -0.05) is 56.3 Å². The van der Waals surface area contributed by atoms with Crippen molar-refractivity contribution in [3.63, 3.8) is 0 Å². The molecule has 0 amide bonds. The Morgan fingerprint density at radius 3 is 2.29 bits per heavy atom. The Morgan fingerprint density at radius 2 is 1.57 bits per heavy atom. The van der Waals surface area contributed by atoms with E-state index in [-0.39, 0.29) is 5.75 Å². The first-order valence-corrected chi connectivity index (χ1v) is 7.03. The van der Waals surface area contributed by atoms with E-state index >= 15 is 0 Å². The van der Waals surface area contributed by atoms with Crippen molar-refractivity contribution in [2.24, 2.45) is 0 Å². The van der Waals surface area contributed by atoms with E-state index in [1.54, 1.807) is 24.3 Å². The zero-order valence-electron chi connectivity index (χ0n) is 12.2. The molecule has 3 aromatic rings. The van der Waals surface area contributed by atoms with Gasteiger partial charge in [0.05, 0.1) is 10.9 Å². The molecule has 21 heavy (non-hydrogen) atoms. The van der Waals surface area contributed by atoms with E-state index in [9.17, 15) is 9.90 Å². The molecule has 0 unspecified atom stereocenters. The van der Waals surface area contributed by atoms with E-state index in [1.807, 2.05) is 44.2 Å². The van der Waals surface area contributed by atoms with E-state index < -0.39 is 5.63 Å². The highest BCUT2D eigenvalue weighted by molar-refractivity contribution is 5.84. The summed E-state index contributed by atoms with van der Waals surface area (Å²) in [5.74, 6) is 0.00991. The van der Waals surface area contributed by atoms with Crippen LogP contribution in [0.2, 0.25) is 0 Å². The van der Waals surface area contributed by atoms with Crippen LogP contribution in [-0.2, 0) is 6.42 Å². The van der Waals surface area contributed by atoms with Crippen LogP contribution in [-0.4, -0.2) is 5.11 Å². The van der Waals surface area contributed by atoms with Gasteiger partial charge in [-0.25, -0.2) is 4.79 Å². The van der Waals surface area contributed by atoms with Crippen LogP contribution >= 0.6 is 0 Å². The van der Waals surface area contributed by atoms with Crippen LogP contribution in [0.15, 0.2) is 63.8 Å². The van der Waals surface area contributed by atoms with E-state index in [0.29, 0.717) is 23.0 Å². The van der Waals surface area contributed by atoms with Gasteiger partial charge < -0.3 is 9.52 Å². The Morgan fingerprint density at radius 1 is 0.952 bits per heavy atom. The Bertz CT molecular complexity index is 773. The molecule has 3 rings (SSSR count). The monoisotopic (exact) mass is 282 g/mol. The van der Waals surface area contributed by atoms with Crippen molar-refractivity contribution in [3.05, 3.63) is 76.1 Å². The van der Waals surface area contributed by atoms with Gasteiger partial charge in [0.25, 0.3) is 0 Å². The van der Waals surface area contributed by atoms with Crippen molar-refractivity contribution in [2.45, 2.75) is 20.3 Å². The van der Waals surface area contributed by atoms with Crippen molar-refractivity contribution in [2.75, 3.05) is 0 Å². The molecule has 0 atom stereocenters. The van der Waals surface area contributed by atoms with Crippen LogP contribution in [0.1, 0.15) is 25.0 Å². The van der Waals surface area contributed by atoms with Crippen molar-refractivity contribution < 1.29 is 9.52 Å². The summed E-state index contributed by atoms with van der Waals surface area (Å²) in [7, 11) is 0. The van der Waals surface area contributed by atoms with Gasteiger partial charge in [0.2, 0.25) is 0 Å². The maximum atomic E-state index is 11.9. The van der Waals surface area contributed by atoms with Gasteiger partial charge in [0.1, 0.15) is 11.3 Å². The van der Waals surface area contributed by atoms with Crippen LogP contribution in [0, 0.1) is 0 Å². The number of aromatic hydroxyl groups is 1. The van der Waals surface area contributed by atoms with Gasteiger partial charge >= 0.3 is 5.63 Å². The van der Waals surface area contributed by atoms with Gasteiger partial charge in [-0.05, 0) is 17.7 Å². The molecule has 0 radical (unpaired) electrons. The molecule has 108 valence electrons. The highest BCUT2D eigenvalue weighted by atomic mass is 16.4. The van der Waals surface area contributed by atoms with Crippen LogP contribution in [0.5, 0.6) is 5.75 Å². The molecule has 1 aromatic heterocycles. The first kappa shape index (κ1) is 14.9. The molecule has 0 aliphatic carbocycles. The lowest BCUT2D eigenvalue weighted by molar-refractivity contribution is 0.458. The molecule has 1 N–H and O–H groups in total. The number of hydrogen-bond acceptors (Lipinski definition) is 3. The summed E-state index contributed by atoms with van der Waals surface area (Å²) in [5, 5.41) is 10.8. The molecular weight excluding hydrogens is 264 g/mol. The second-order valence-electron chi connectivity index (χ2n) is 4.38. The van der Waals surface area contributed by atoms with Crippen molar-refractivity contribution in [1.82, 2.24) is 0 Å². The third-order valence-corrected chi connectivity index (χ3v) is 3.10. The summed E-state index contributed by atoms with van der Waals surface area (Å²) in [6, 6.07) is 16.5. The predicted octanol–water partition coefficient (Wildman–Crippen LogP) is 4.12. The summed E-state index contributed by atoms with van der Waals surface area (Å²) in [5.41, 5.74) is 1.17. The lowest BCUT2D eigenvalue weighted by Crippen LogP contribution is -2.08. The standard InChI is InChI=1S/C16H12O3.C2H6/c17-15-12-8-4-5-9-14(12)19-16(18)13(15)10-11-6-2-1-3-7-11;1-2/h1-9,17H,10H2;1-2H3. The predicted molar refractivity (Wildman–Crippen MR) is 84.7 cm³/mol. The zero-order chi connectivity index (χ0) is 15.2. The molecule has 0 fully saturated rings. The molecule has 1 heterocycles. The van der Waals surface area contributed by atoms with Crippen molar-refractivity contribution >= 4 is 11.0 Å². The van der Waals surface area contributed by atoms with Crippen molar-refractivity contribution in [1.29, 1.82) is 0 Å². The highest BCUT2D eigenvalue weighted by Crippen LogP contribution is 2.27. The van der Waals surface area contributed by atoms with Gasteiger partial charge in [0.15, 0.2) is 0 Å². The molecule has 0 saturated carbocycles. The van der Waals surface area contributed by atoms with E-state index in [4.69, 9.17) is 4.42 Å². The number of rotatable bonds is 2. The fraction of sp³-hybridized carbons (Fsp3) is 0.167. The molecule has 0 saturated heterocycles. The fourth-order valence-electron chi connectivity index (χ4n) is 2.13. The zero-order valence-corrected chi connectivity index (χ0v) is 12.2. The molecule has 3 heteroatoms. The second-order valence-corrected chi connectivity index (χ2v) is 4.38. The minimum atomic E-state index is -0.486. The van der Waals surface area contributed by atoms with Crippen LogP contribution in [0.25, 0.3) is 11.0 Å². The lowest BCUT2D eigenvalue weighted by Gasteiger charge is -2.06. The second kappa shape index (κ2) is 6.75. The van der Waals surface area contributed by atoms with E-state index in [1.165, 1.54) is 0 Å². The number of benzene rings is 2. The number of para-hydroxylation sites is 1. The quantitative estimate of drug-likeness (QED) is 0.719. The average Bonchev–Trinajstić information content (AvgIpc) is 2.54.